The molecule has 0 bridgehead atoms. The van der Waals surface area contributed by atoms with Crippen LogP contribution in [0.5, 0.6) is 5.75 Å². The maximum absolute atomic E-state index is 12.7. The molecule has 2 atom stereocenters. The van der Waals surface area contributed by atoms with Gasteiger partial charge < -0.3 is 20.3 Å². The van der Waals surface area contributed by atoms with Crippen molar-refractivity contribution < 1.29 is 24.1 Å². The van der Waals surface area contributed by atoms with Crippen molar-refractivity contribution in [2.75, 3.05) is 31.3 Å². The zero-order chi connectivity index (χ0) is 22.4. The third kappa shape index (κ3) is 5.54. The summed E-state index contributed by atoms with van der Waals surface area (Å²) in [6.45, 7) is 5.66. The molecule has 9 heteroatoms. The van der Waals surface area contributed by atoms with Gasteiger partial charge in [0.2, 0.25) is 0 Å². The summed E-state index contributed by atoms with van der Waals surface area (Å²) in [5, 5.41) is 16.5. The number of non-ortho nitro benzene ring substituents is 1. The lowest BCUT2D eigenvalue weighted by Gasteiger charge is -2.21. The number of hydrogen-bond donors (Lipinski definition) is 3. The topological polar surface area (TPSA) is 115 Å². The molecule has 0 spiro atoms. The van der Waals surface area contributed by atoms with Gasteiger partial charge >= 0.3 is 0 Å². The van der Waals surface area contributed by atoms with Gasteiger partial charge in [-0.2, -0.15) is 0 Å². The largest absolute Gasteiger partial charge is 0.495 e. The number of nitrogens with one attached hydrogen (secondary N) is 3. The molecule has 0 saturated carbocycles. The number of carbonyl (C=O) groups is 2. The maximum atomic E-state index is 12.7. The Morgan fingerprint density at radius 2 is 1.87 bits per heavy atom. The van der Waals surface area contributed by atoms with E-state index in [-0.39, 0.29) is 29.7 Å². The zero-order valence-electron chi connectivity index (χ0n) is 17.7. The van der Waals surface area contributed by atoms with Gasteiger partial charge in [0.05, 0.1) is 24.8 Å². The molecule has 30 heavy (non-hydrogen) atoms. The van der Waals surface area contributed by atoms with E-state index in [4.69, 9.17) is 4.74 Å². The van der Waals surface area contributed by atoms with E-state index in [1.807, 2.05) is 32.0 Å². The molecule has 0 saturated heterocycles. The molecule has 0 aliphatic carbocycles. The highest BCUT2D eigenvalue weighted by Crippen LogP contribution is 2.28. The SMILES string of the molecule is COc1ccc([N+](=O)[O-])cc1NC(=O)[C@@H](C)[NH+](C)CC(=O)Nc1cccc(C)c1C. The van der Waals surface area contributed by atoms with Crippen LogP contribution in [-0.4, -0.2) is 43.5 Å². The second-order valence-electron chi connectivity index (χ2n) is 7.17. The van der Waals surface area contributed by atoms with E-state index < -0.39 is 11.0 Å². The summed E-state index contributed by atoms with van der Waals surface area (Å²) >= 11 is 0. The summed E-state index contributed by atoms with van der Waals surface area (Å²) in [5.74, 6) is -0.286. The zero-order valence-corrected chi connectivity index (χ0v) is 17.7. The highest BCUT2D eigenvalue weighted by Gasteiger charge is 2.25. The average molecular weight is 415 g/mol. The monoisotopic (exact) mass is 415 g/mol. The Balaban J connectivity index is 2.03. The van der Waals surface area contributed by atoms with Crippen LogP contribution in [0.4, 0.5) is 17.1 Å². The van der Waals surface area contributed by atoms with Gasteiger partial charge in [-0.15, -0.1) is 0 Å². The number of rotatable bonds is 8. The van der Waals surface area contributed by atoms with Crippen molar-refractivity contribution in [3.8, 4) is 5.75 Å². The number of carbonyl (C=O) groups excluding carboxylic acids is 2. The minimum atomic E-state index is -0.585. The van der Waals surface area contributed by atoms with Gasteiger partial charge in [0, 0.05) is 17.8 Å². The van der Waals surface area contributed by atoms with Crippen molar-refractivity contribution in [2.24, 2.45) is 0 Å². The molecule has 2 aromatic carbocycles. The molecule has 160 valence electrons. The predicted molar refractivity (Wildman–Crippen MR) is 114 cm³/mol. The molecule has 0 heterocycles. The van der Waals surface area contributed by atoms with Crippen LogP contribution in [0.25, 0.3) is 0 Å². The van der Waals surface area contributed by atoms with E-state index in [1.54, 1.807) is 14.0 Å². The Morgan fingerprint density at radius 3 is 2.50 bits per heavy atom. The minimum Gasteiger partial charge on any atom is -0.495 e. The van der Waals surface area contributed by atoms with Gasteiger partial charge in [-0.1, -0.05) is 12.1 Å². The highest BCUT2D eigenvalue weighted by molar-refractivity contribution is 5.96. The van der Waals surface area contributed by atoms with Crippen molar-refractivity contribution in [2.45, 2.75) is 26.8 Å². The van der Waals surface area contributed by atoms with Crippen LogP contribution < -0.4 is 20.3 Å². The molecule has 0 radical (unpaired) electrons. The summed E-state index contributed by atoms with van der Waals surface area (Å²) in [4.78, 5) is 36.2. The Kier molecular flexibility index (Phi) is 7.48. The molecule has 9 nitrogen and oxygen atoms in total. The van der Waals surface area contributed by atoms with Crippen LogP contribution in [0.2, 0.25) is 0 Å². The second-order valence-corrected chi connectivity index (χ2v) is 7.17. The lowest BCUT2D eigenvalue weighted by Crippen LogP contribution is -3.14. The van der Waals surface area contributed by atoms with Crippen molar-refractivity contribution >= 4 is 28.9 Å². The van der Waals surface area contributed by atoms with Crippen molar-refractivity contribution in [1.82, 2.24) is 0 Å². The molecule has 2 aromatic rings. The van der Waals surface area contributed by atoms with E-state index in [9.17, 15) is 19.7 Å². The molecule has 1 unspecified atom stereocenters. The average Bonchev–Trinajstić information content (AvgIpc) is 2.70. The quantitative estimate of drug-likeness (QED) is 0.448. The Bertz CT molecular complexity index is 960. The first kappa shape index (κ1) is 22.8. The molecule has 3 N–H and O–H groups in total. The van der Waals surface area contributed by atoms with Crippen LogP contribution >= 0.6 is 0 Å². The first-order chi connectivity index (χ1) is 14.1. The van der Waals surface area contributed by atoms with E-state index in [1.165, 1.54) is 25.3 Å². The van der Waals surface area contributed by atoms with Gasteiger partial charge in [0.25, 0.3) is 17.5 Å². The Labute approximate surface area is 175 Å². The molecule has 0 aliphatic heterocycles. The van der Waals surface area contributed by atoms with E-state index in [0.29, 0.717) is 10.6 Å². The first-order valence-corrected chi connectivity index (χ1v) is 9.45. The van der Waals surface area contributed by atoms with E-state index >= 15 is 0 Å². The number of nitro benzene ring substituents is 1. The number of amides is 2. The number of anilines is 2. The summed E-state index contributed by atoms with van der Waals surface area (Å²) in [6, 6.07) is 9.05. The van der Waals surface area contributed by atoms with Gasteiger partial charge in [-0.3, -0.25) is 19.7 Å². The van der Waals surface area contributed by atoms with Gasteiger partial charge in [-0.25, -0.2) is 0 Å². The summed E-state index contributed by atoms with van der Waals surface area (Å²) < 4.78 is 5.16. The van der Waals surface area contributed by atoms with Crippen molar-refractivity contribution in [3.63, 3.8) is 0 Å². The smallest absolute Gasteiger partial charge is 0.282 e. The third-order valence-corrected chi connectivity index (χ3v) is 5.10. The molecular weight excluding hydrogens is 388 g/mol. The Hall–Kier alpha value is -3.46. The van der Waals surface area contributed by atoms with Gasteiger partial charge in [0.15, 0.2) is 12.6 Å². The number of aryl methyl sites for hydroxylation is 1. The summed E-state index contributed by atoms with van der Waals surface area (Å²) in [5.41, 5.74) is 2.86. The minimum absolute atomic E-state index is 0.0774. The predicted octanol–water partition coefficient (Wildman–Crippen LogP) is 1.70. The fourth-order valence-corrected chi connectivity index (χ4v) is 2.86. The first-order valence-electron chi connectivity index (χ1n) is 9.45. The van der Waals surface area contributed by atoms with Crippen molar-refractivity contribution in [1.29, 1.82) is 0 Å². The molecule has 2 rings (SSSR count). The lowest BCUT2D eigenvalue weighted by atomic mass is 10.1. The fraction of sp³-hybridized carbons (Fsp3) is 0.333. The van der Waals surface area contributed by atoms with E-state index in [0.717, 1.165) is 16.8 Å². The number of ether oxygens (including phenoxy) is 1. The normalized spacial score (nSPS) is 12.6. The van der Waals surface area contributed by atoms with Crippen molar-refractivity contribution in [3.05, 3.63) is 57.6 Å². The number of methoxy groups -OCH3 is 1. The standard InChI is InChI=1S/C21H26N4O5/c1-13-7-6-8-17(14(13)2)22-20(26)12-24(4)15(3)21(27)23-18-11-16(25(28)29)9-10-19(18)30-5/h6-11,15H,12H2,1-5H3,(H,22,26)(H,23,27)/p+1/t15-/m1/s1. The number of hydrogen-bond acceptors (Lipinski definition) is 5. The van der Waals surface area contributed by atoms with Gasteiger partial charge in [0.1, 0.15) is 5.75 Å². The van der Waals surface area contributed by atoms with Gasteiger partial charge in [-0.05, 0) is 44.0 Å². The maximum Gasteiger partial charge on any atom is 0.282 e. The molecule has 2 amide bonds. The molecule has 0 aliphatic rings. The molecule has 0 fully saturated rings. The third-order valence-electron chi connectivity index (χ3n) is 5.10. The number of nitro groups is 1. The lowest BCUT2D eigenvalue weighted by molar-refractivity contribution is -0.885. The van der Waals surface area contributed by atoms with Crippen LogP contribution in [-0.2, 0) is 9.59 Å². The summed E-state index contributed by atoms with van der Waals surface area (Å²) in [7, 11) is 3.15. The van der Waals surface area contributed by atoms with Crippen LogP contribution in [0.15, 0.2) is 36.4 Å². The number of nitrogens with zero attached hydrogens (tertiary/aromatic N) is 1. The van der Waals surface area contributed by atoms with Crippen LogP contribution in [0, 0.1) is 24.0 Å². The number of benzene rings is 2. The van der Waals surface area contributed by atoms with Crippen LogP contribution in [0.3, 0.4) is 0 Å². The molecular formula is C21H27N4O5+. The van der Waals surface area contributed by atoms with E-state index in [2.05, 4.69) is 10.6 Å². The van der Waals surface area contributed by atoms with Crippen LogP contribution in [0.1, 0.15) is 18.1 Å². The summed E-state index contributed by atoms with van der Waals surface area (Å²) in [6.07, 6.45) is 0. The number of quaternary nitrogens is 1. The number of likely N-dealkylation sites (N-methyl/N-ethyl adjacent to an activating group) is 1. The Morgan fingerprint density at radius 1 is 1.17 bits per heavy atom. The highest BCUT2D eigenvalue weighted by atomic mass is 16.6. The molecule has 0 aromatic heterocycles. The second kappa shape index (κ2) is 9.84. The fourth-order valence-electron chi connectivity index (χ4n) is 2.86.